The zero-order valence-corrected chi connectivity index (χ0v) is 8.61. The van der Waals surface area contributed by atoms with E-state index in [2.05, 4.69) is 0 Å². The van der Waals surface area contributed by atoms with Gasteiger partial charge in [-0.3, -0.25) is 4.79 Å². The zero-order chi connectivity index (χ0) is 10.1. The SMILES string of the molecule is CC1OCCC1C(=O)N1CCC(N)C1. The van der Waals surface area contributed by atoms with Crippen LogP contribution in [0, 0.1) is 5.92 Å². The van der Waals surface area contributed by atoms with E-state index in [4.69, 9.17) is 10.5 Å². The minimum absolute atomic E-state index is 0.0697. The summed E-state index contributed by atoms with van der Waals surface area (Å²) in [5.74, 6) is 0.309. The van der Waals surface area contributed by atoms with Crippen LogP contribution in [0.5, 0.6) is 0 Å². The summed E-state index contributed by atoms with van der Waals surface area (Å²) in [5.41, 5.74) is 5.77. The lowest BCUT2D eigenvalue weighted by atomic mass is 10.0. The summed E-state index contributed by atoms with van der Waals surface area (Å²) < 4.78 is 5.39. The number of amides is 1. The van der Waals surface area contributed by atoms with Gasteiger partial charge in [-0.05, 0) is 19.8 Å². The van der Waals surface area contributed by atoms with Crippen LogP contribution in [-0.2, 0) is 9.53 Å². The van der Waals surface area contributed by atoms with Crippen LogP contribution in [0.4, 0.5) is 0 Å². The van der Waals surface area contributed by atoms with Crippen molar-refractivity contribution < 1.29 is 9.53 Å². The summed E-state index contributed by atoms with van der Waals surface area (Å²) in [4.78, 5) is 13.9. The van der Waals surface area contributed by atoms with Crippen molar-refractivity contribution in [2.24, 2.45) is 11.7 Å². The van der Waals surface area contributed by atoms with Gasteiger partial charge in [0, 0.05) is 25.7 Å². The Balaban J connectivity index is 1.94. The van der Waals surface area contributed by atoms with E-state index in [-0.39, 0.29) is 24.0 Å². The molecule has 0 saturated carbocycles. The number of carbonyl (C=O) groups is 1. The van der Waals surface area contributed by atoms with Crippen LogP contribution in [0.2, 0.25) is 0 Å². The Labute approximate surface area is 84.4 Å². The van der Waals surface area contributed by atoms with Gasteiger partial charge in [-0.15, -0.1) is 0 Å². The molecular weight excluding hydrogens is 180 g/mol. The van der Waals surface area contributed by atoms with Crippen LogP contribution in [-0.4, -0.2) is 42.6 Å². The number of carbonyl (C=O) groups excluding carboxylic acids is 1. The van der Waals surface area contributed by atoms with E-state index in [9.17, 15) is 4.79 Å². The second-order valence-corrected chi connectivity index (χ2v) is 4.30. The largest absolute Gasteiger partial charge is 0.378 e. The molecule has 3 atom stereocenters. The van der Waals surface area contributed by atoms with E-state index in [1.54, 1.807) is 0 Å². The van der Waals surface area contributed by atoms with Crippen LogP contribution >= 0.6 is 0 Å². The van der Waals surface area contributed by atoms with E-state index < -0.39 is 0 Å². The second kappa shape index (κ2) is 3.87. The number of likely N-dealkylation sites (tertiary alicyclic amines) is 1. The smallest absolute Gasteiger partial charge is 0.228 e. The molecule has 80 valence electrons. The Morgan fingerprint density at radius 2 is 2.29 bits per heavy atom. The molecule has 4 heteroatoms. The second-order valence-electron chi connectivity index (χ2n) is 4.30. The van der Waals surface area contributed by atoms with Crippen molar-refractivity contribution in [2.75, 3.05) is 19.7 Å². The van der Waals surface area contributed by atoms with Crippen LogP contribution < -0.4 is 5.73 Å². The maximum Gasteiger partial charge on any atom is 0.228 e. The summed E-state index contributed by atoms with van der Waals surface area (Å²) in [5, 5.41) is 0. The van der Waals surface area contributed by atoms with Crippen LogP contribution in [0.15, 0.2) is 0 Å². The van der Waals surface area contributed by atoms with Crippen LogP contribution in [0.25, 0.3) is 0 Å². The lowest BCUT2D eigenvalue weighted by molar-refractivity contribution is -0.135. The van der Waals surface area contributed by atoms with Crippen molar-refractivity contribution in [2.45, 2.75) is 31.9 Å². The Morgan fingerprint density at radius 1 is 1.50 bits per heavy atom. The fourth-order valence-corrected chi connectivity index (χ4v) is 2.28. The summed E-state index contributed by atoms with van der Waals surface area (Å²) in [7, 11) is 0. The highest BCUT2D eigenvalue weighted by Gasteiger charge is 2.35. The average molecular weight is 198 g/mol. The number of nitrogens with two attached hydrogens (primary N) is 1. The molecule has 0 aromatic rings. The van der Waals surface area contributed by atoms with Crippen molar-refractivity contribution in [1.82, 2.24) is 4.90 Å². The molecule has 0 aliphatic carbocycles. The molecule has 0 aromatic heterocycles. The molecule has 2 fully saturated rings. The Kier molecular flexibility index (Phi) is 2.74. The monoisotopic (exact) mass is 198 g/mol. The first-order valence-electron chi connectivity index (χ1n) is 5.34. The molecule has 0 spiro atoms. The van der Waals surface area contributed by atoms with Crippen LogP contribution in [0.1, 0.15) is 19.8 Å². The predicted molar refractivity (Wildman–Crippen MR) is 52.7 cm³/mol. The summed E-state index contributed by atoms with van der Waals surface area (Å²) in [6, 6.07) is 0.177. The fraction of sp³-hybridized carbons (Fsp3) is 0.900. The first kappa shape index (κ1) is 9.93. The third kappa shape index (κ3) is 1.77. The lowest BCUT2D eigenvalue weighted by Gasteiger charge is -2.21. The van der Waals surface area contributed by atoms with E-state index in [1.807, 2.05) is 11.8 Å². The molecule has 2 rings (SSSR count). The third-order valence-electron chi connectivity index (χ3n) is 3.23. The quantitative estimate of drug-likeness (QED) is 0.644. The number of ether oxygens (including phenoxy) is 1. The van der Waals surface area contributed by atoms with Gasteiger partial charge in [0.2, 0.25) is 5.91 Å². The van der Waals surface area contributed by atoms with Crippen molar-refractivity contribution >= 4 is 5.91 Å². The van der Waals surface area contributed by atoms with Gasteiger partial charge >= 0.3 is 0 Å². The van der Waals surface area contributed by atoms with Crippen molar-refractivity contribution in [3.05, 3.63) is 0 Å². The van der Waals surface area contributed by atoms with E-state index in [0.717, 1.165) is 32.5 Å². The topological polar surface area (TPSA) is 55.6 Å². The van der Waals surface area contributed by atoms with Gasteiger partial charge in [0.15, 0.2) is 0 Å². The number of nitrogens with zero attached hydrogens (tertiary/aromatic N) is 1. The highest BCUT2D eigenvalue weighted by molar-refractivity contribution is 5.80. The Morgan fingerprint density at radius 3 is 2.79 bits per heavy atom. The molecule has 2 N–H and O–H groups in total. The number of hydrogen-bond acceptors (Lipinski definition) is 3. The first-order chi connectivity index (χ1) is 6.68. The van der Waals surface area contributed by atoms with E-state index in [0.29, 0.717) is 0 Å². The summed E-state index contributed by atoms with van der Waals surface area (Å²) in [6.45, 7) is 4.24. The van der Waals surface area contributed by atoms with Gasteiger partial charge in [-0.1, -0.05) is 0 Å². The fourth-order valence-electron chi connectivity index (χ4n) is 2.28. The minimum atomic E-state index is 0.0697. The molecule has 4 nitrogen and oxygen atoms in total. The highest BCUT2D eigenvalue weighted by Crippen LogP contribution is 2.24. The number of rotatable bonds is 1. The molecule has 0 aromatic carbocycles. The third-order valence-corrected chi connectivity index (χ3v) is 3.23. The molecule has 2 aliphatic rings. The molecule has 14 heavy (non-hydrogen) atoms. The molecule has 3 unspecified atom stereocenters. The maximum atomic E-state index is 12.0. The average Bonchev–Trinajstić information content (AvgIpc) is 2.73. The molecule has 2 saturated heterocycles. The molecule has 1 amide bonds. The maximum absolute atomic E-state index is 12.0. The normalized spacial score (nSPS) is 37.9. The van der Waals surface area contributed by atoms with Crippen molar-refractivity contribution in [1.29, 1.82) is 0 Å². The standard InChI is InChI=1S/C10H18N2O2/c1-7-9(3-5-14-7)10(13)12-4-2-8(11)6-12/h7-9H,2-6,11H2,1H3. The summed E-state index contributed by atoms with van der Waals surface area (Å²) >= 11 is 0. The Bertz CT molecular complexity index is 232. The highest BCUT2D eigenvalue weighted by atomic mass is 16.5. The lowest BCUT2D eigenvalue weighted by Crippen LogP contribution is -2.38. The molecule has 0 bridgehead atoms. The molecule has 2 heterocycles. The van der Waals surface area contributed by atoms with Gasteiger partial charge in [0.05, 0.1) is 12.0 Å². The van der Waals surface area contributed by atoms with Gasteiger partial charge in [0.25, 0.3) is 0 Å². The number of hydrogen-bond donors (Lipinski definition) is 1. The van der Waals surface area contributed by atoms with Crippen molar-refractivity contribution in [3.63, 3.8) is 0 Å². The van der Waals surface area contributed by atoms with Gasteiger partial charge in [0.1, 0.15) is 0 Å². The van der Waals surface area contributed by atoms with Gasteiger partial charge < -0.3 is 15.4 Å². The molecule has 2 aliphatic heterocycles. The molecular formula is C10H18N2O2. The Hall–Kier alpha value is -0.610. The van der Waals surface area contributed by atoms with E-state index >= 15 is 0 Å². The van der Waals surface area contributed by atoms with Crippen molar-refractivity contribution in [3.8, 4) is 0 Å². The van der Waals surface area contributed by atoms with Gasteiger partial charge in [-0.25, -0.2) is 0 Å². The predicted octanol–water partition coefficient (Wildman–Crippen LogP) is -0.0290. The molecule has 0 radical (unpaired) electrons. The van der Waals surface area contributed by atoms with Gasteiger partial charge in [-0.2, -0.15) is 0 Å². The van der Waals surface area contributed by atoms with E-state index in [1.165, 1.54) is 0 Å². The zero-order valence-electron chi connectivity index (χ0n) is 8.61. The van der Waals surface area contributed by atoms with Crippen LogP contribution in [0.3, 0.4) is 0 Å². The minimum Gasteiger partial charge on any atom is -0.378 e. The summed E-state index contributed by atoms with van der Waals surface area (Å²) in [6.07, 6.45) is 1.89. The first-order valence-corrected chi connectivity index (χ1v) is 5.34.